The molecular formula is C30H28FN3O4. The Balaban J connectivity index is 1.40. The average molecular weight is 514 g/mol. The monoisotopic (exact) mass is 513 g/mol. The second-order valence-electron chi connectivity index (χ2n) is 8.34. The van der Waals surface area contributed by atoms with Gasteiger partial charge in [-0.3, -0.25) is 4.79 Å². The maximum absolute atomic E-state index is 13.4. The Labute approximate surface area is 220 Å². The number of methoxy groups -OCH3 is 1. The lowest BCUT2D eigenvalue weighted by molar-refractivity contribution is 0.0986. The van der Waals surface area contributed by atoms with Crippen molar-refractivity contribution in [2.24, 2.45) is 0 Å². The van der Waals surface area contributed by atoms with E-state index in [1.807, 2.05) is 30.3 Å². The highest BCUT2D eigenvalue weighted by Gasteiger charge is 2.18. The summed E-state index contributed by atoms with van der Waals surface area (Å²) in [5.41, 5.74) is 1.62. The van der Waals surface area contributed by atoms with Gasteiger partial charge in [0.25, 0.3) is 5.91 Å². The van der Waals surface area contributed by atoms with Gasteiger partial charge in [0.1, 0.15) is 23.1 Å². The lowest BCUT2D eigenvalue weighted by Gasteiger charge is -2.23. The summed E-state index contributed by atoms with van der Waals surface area (Å²) in [4.78, 5) is 27.2. The molecule has 0 aliphatic carbocycles. The van der Waals surface area contributed by atoms with E-state index in [1.54, 1.807) is 60.5 Å². The SMILES string of the molecule is COc1cccc(NC(=O)NCCCN(C(=O)c2ccc(F)cc2)c2ccc(Oc3ccccc3)cc2)c1. The van der Waals surface area contributed by atoms with Gasteiger partial charge in [-0.2, -0.15) is 0 Å². The van der Waals surface area contributed by atoms with Gasteiger partial charge in [-0.05, 0) is 79.2 Å². The predicted octanol–water partition coefficient (Wildman–Crippen LogP) is 6.49. The number of anilines is 2. The van der Waals surface area contributed by atoms with Gasteiger partial charge < -0.3 is 25.0 Å². The largest absolute Gasteiger partial charge is 0.497 e. The Morgan fingerprint density at radius 1 is 0.816 bits per heavy atom. The third kappa shape index (κ3) is 7.33. The number of hydrogen-bond acceptors (Lipinski definition) is 4. The number of nitrogens with one attached hydrogen (secondary N) is 2. The van der Waals surface area contributed by atoms with Gasteiger partial charge in [-0.15, -0.1) is 0 Å². The van der Waals surface area contributed by atoms with Gasteiger partial charge in [-0.1, -0.05) is 24.3 Å². The number of para-hydroxylation sites is 1. The molecule has 0 heterocycles. The molecule has 0 atom stereocenters. The van der Waals surface area contributed by atoms with E-state index in [1.165, 1.54) is 24.3 Å². The molecule has 0 spiro atoms. The number of benzene rings is 4. The van der Waals surface area contributed by atoms with Crippen LogP contribution in [-0.2, 0) is 0 Å². The zero-order valence-corrected chi connectivity index (χ0v) is 20.9. The van der Waals surface area contributed by atoms with Crippen molar-refractivity contribution in [3.8, 4) is 17.2 Å². The Bertz CT molecular complexity index is 1350. The molecule has 0 fully saturated rings. The van der Waals surface area contributed by atoms with Crippen molar-refractivity contribution in [3.63, 3.8) is 0 Å². The van der Waals surface area contributed by atoms with Gasteiger partial charge >= 0.3 is 6.03 Å². The number of carbonyl (C=O) groups is 2. The third-order valence-electron chi connectivity index (χ3n) is 5.64. The maximum atomic E-state index is 13.4. The highest BCUT2D eigenvalue weighted by molar-refractivity contribution is 6.06. The first-order valence-corrected chi connectivity index (χ1v) is 12.1. The van der Waals surface area contributed by atoms with Crippen LogP contribution in [0.15, 0.2) is 103 Å². The van der Waals surface area contributed by atoms with E-state index in [0.717, 1.165) is 0 Å². The van der Waals surface area contributed by atoms with Gasteiger partial charge in [0.2, 0.25) is 0 Å². The van der Waals surface area contributed by atoms with Crippen LogP contribution in [-0.4, -0.2) is 32.1 Å². The number of ether oxygens (including phenoxy) is 2. The third-order valence-corrected chi connectivity index (χ3v) is 5.64. The minimum absolute atomic E-state index is 0.275. The Morgan fingerprint density at radius 3 is 2.21 bits per heavy atom. The molecule has 38 heavy (non-hydrogen) atoms. The molecule has 0 unspecified atom stereocenters. The molecule has 0 saturated heterocycles. The van der Waals surface area contributed by atoms with Gasteiger partial charge in [0.15, 0.2) is 0 Å². The molecule has 7 nitrogen and oxygen atoms in total. The lowest BCUT2D eigenvalue weighted by atomic mass is 10.1. The van der Waals surface area contributed by atoms with Crippen molar-refractivity contribution in [3.05, 3.63) is 115 Å². The number of amides is 3. The van der Waals surface area contributed by atoms with E-state index < -0.39 is 5.82 Å². The normalized spacial score (nSPS) is 10.4. The zero-order valence-electron chi connectivity index (χ0n) is 20.9. The minimum Gasteiger partial charge on any atom is -0.497 e. The molecule has 194 valence electrons. The van der Waals surface area contributed by atoms with E-state index in [4.69, 9.17) is 9.47 Å². The number of urea groups is 1. The van der Waals surface area contributed by atoms with E-state index >= 15 is 0 Å². The van der Waals surface area contributed by atoms with Gasteiger partial charge in [0, 0.05) is 36.1 Å². The second-order valence-corrected chi connectivity index (χ2v) is 8.34. The summed E-state index contributed by atoms with van der Waals surface area (Å²) in [6, 6.07) is 28.7. The maximum Gasteiger partial charge on any atom is 0.319 e. The van der Waals surface area contributed by atoms with Crippen LogP contribution in [0.2, 0.25) is 0 Å². The number of rotatable bonds is 10. The topological polar surface area (TPSA) is 79.9 Å². The molecular weight excluding hydrogens is 485 g/mol. The van der Waals surface area contributed by atoms with Crippen molar-refractivity contribution in [2.45, 2.75) is 6.42 Å². The zero-order chi connectivity index (χ0) is 26.7. The van der Waals surface area contributed by atoms with Crippen molar-refractivity contribution < 1.29 is 23.5 Å². The van der Waals surface area contributed by atoms with Crippen LogP contribution in [0.4, 0.5) is 20.6 Å². The fraction of sp³-hybridized carbons (Fsp3) is 0.133. The fourth-order valence-corrected chi connectivity index (χ4v) is 3.73. The number of halogens is 1. The van der Waals surface area contributed by atoms with E-state index in [9.17, 15) is 14.0 Å². The van der Waals surface area contributed by atoms with E-state index in [2.05, 4.69) is 10.6 Å². The van der Waals surface area contributed by atoms with Crippen LogP contribution < -0.4 is 25.0 Å². The molecule has 2 N–H and O–H groups in total. The summed E-state index contributed by atoms with van der Waals surface area (Å²) in [6.07, 6.45) is 0.487. The number of carbonyl (C=O) groups excluding carboxylic acids is 2. The van der Waals surface area contributed by atoms with Crippen LogP contribution in [0.25, 0.3) is 0 Å². The highest BCUT2D eigenvalue weighted by atomic mass is 19.1. The summed E-state index contributed by atoms with van der Waals surface area (Å²) in [7, 11) is 1.56. The summed E-state index contributed by atoms with van der Waals surface area (Å²) in [5.74, 6) is 1.28. The standard InChI is InChI=1S/C30H28FN3O4/c1-37-28-10-5-7-24(21-28)33-30(36)32-19-6-20-34(29(35)22-11-13-23(31)14-12-22)25-15-17-27(18-16-25)38-26-8-3-2-4-9-26/h2-5,7-18,21H,6,19-20H2,1H3,(H2,32,33,36). The molecule has 0 aromatic heterocycles. The Kier molecular flexibility index (Phi) is 8.91. The summed E-state index contributed by atoms with van der Waals surface area (Å²) >= 11 is 0. The minimum atomic E-state index is -0.415. The quantitative estimate of drug-likeness (QED) is 0.238. The van der Waals surface area contributed by atoms with Crippen molar-refractivity contribution in [2.75, 3.05) is 30.4 Å². The van der Waals surface area contributed by atoms with Crippen molar-refractivity contribution in [1.29, 1.82) is 0 Å². The molecule has 0 aliphatic rings. The van der Waals surface area contributed by atoms with Crippen LogP contribution in [0.3, 0.4) is 0 Å². The number of hydrogen-bond donors (Lipinski definition) is 2. The first kappa shape index (κ1) is 26.2. The molecule has 0 aliphatic heterocycles. The first-order chi connectivity index (χ1) is 18.5. The number of nitrogens with zero attached hydrogens (tertiary/aromatic N) is 1. The average Bonchev–Trinajstić information content (AvgIpc) is 2.94. The summed E-state index contributed by atoms with van der Waals surface area (Å²) < 4.78 is 24.4. The molecule has 4 aromatic rings. The predicted molar refractivity (Wildman–Crippen MR) is 146 cm³/mol. The smallest absolute Gasteiger partial charge is 0.319 e. The van der Waals surface area contributed by atoms with E-state index in [0.29, 0.717) is 53.7 Å². The molecule has 0 radical (unpaired) electrons. The molecule has 4 aromatic carbocycles. The highest BCUT2D eigenvalue weighted by Crippen LogP contribution is 2.25. The Hall–Kier alpha value is -4.85. The summed E-state index contributed by atoms with van der Waals surface area (Å²) in [5, 5.41) is 5.56. The Morgan fingerprint density at radius 2 is 1.50 bits per heavy atom. The summed E-state index contributed by atoms with van der Waals surface area (Å²) in [6.45, 7) is 0.659. The molecule has 0 bridgehead atoms. The first-order valence-electron chi connectivity index (χ1n) is 12.1. The van der Waals surface area contributed by atoms with Crippen LogP contribution >= 0.6 is 0 Å². The van der Waals surface area contributed by atoms with Gasteiger partial charge in [0.05, 0.1) is 7.11 Å². The lowest BCUT2D eigenvalue weighted by Crippen LogP contribution is -2.35. The van der Waals surface area contributed by atoms with Crippen LogP contribution in [0.1, 0.15) is 16.8 Å². The molecule has 0 saturated carbocycles. The van der Waals surface area contributed by atoms with Crippen molar-refractivity contribution in [1.82, 2.24) is 5.32 Å². The molecule has 4 rings (SSSR count). The van der Waals surface area contributed by atoms with Crippen LogP contribution in [0, 0.1) is 5.82 Å². The molecule has 8 heteroatoms. The van der Waals surface area contributed by atoms with Gasteiger partial charge in [-0.25, -0.2) is 9.18 Å². The van der Waals surface area contributed by atoms with E-state index in [-0.39, 0.29) is 11.9 Å². The van der Waals surface area contributed by atoms with Crippen LogP contribution in [0.5, 0.6) is 17.2 Å². The van der Waals surface area contributed by atoms with Crippen molar-refractivity contribution >= 4 is 23.3 Å². The molecule has 3 amide bonds. The second kappa shape index (κ2) is 12.9. The fourth-order valence-electron chi connectivity index (χ4n) is 3.73.